The van der Waals surface area contributed by atoms with Crippen molar-refractivity contribution < 1.29 is 52.0 Å². The number of allylic oxidation sites excluding steroid dienone is 1. The maximum Gasteiger partial charge on any atom is 0.303 e. The summed E-state index contributed by atoms with van der Waals surface area (Å²) in [6.07, 6.45) is -3.57. The second-order valence-electron chi connectivity index (χ2n) is 8.19. The van der Waals surface area contributed by atoms with Crippen molar-refractivity contribution in [3.05, 3.63) is 24.7 Å². The van der Waals surface area contributed by atoms with Crippen molar-refractivity contribution in [1.82, 2.24) is 0 Å². The monoisotopic (exact) mass is 488 g/mol. The average molecular weight is 489 g/mol. The Morgan fingerprint density at radius 2 is 1.36 bits per heavy atom. The highest BCUT2D eigenvalue weighted by molar-refractivity contribution is 6.70. The van der Waals surface area contributed by atoms with Crippen LogP contribution in [0.4, 0.5) is 0 Å². The predicted molar refractivity (Wildman–Crippen MR) is 116 cm³/mol. The second-order valence-corrected chi connectivity index (χ2v) is 12.6. The van der Waals surface area contributed by atoms with Gasteiger partial charge in [0.05, 0.1) is 12.0 Å². The summed E-state index contributed by atoms with van der Waals surface area (Å²) < 4.78 is 38.0. The van der Waals surface area contributed by atoms with Crippen LogP contribution in [0, 0.1) is 0 Å². The van der Waals surface area contributed by atoms with Crippen LogP contribution in [0.1, 0.15) is 27.7 Å². The van der Waals surface area contributed by atoms with Crippen LogP contribution in [0.3, 0.4) is 0 Å². The molecule has 33 heavy (non-hydrogen) atoms. The Labute approximate surface area is 194 Å². The van der Waals surface area contributed by atoms with Gasteiger partial charge in [-0.05, 0) is 19.6 Å². The summed E-state index contributed by atoms with van der Waals surface area (Å²) in [6, 6.07) is 0. The quantitative estimate of drug-likeness (QED) is 0.147. The molecular formula is C21H32O11Si. The summed E-state index contributed by atoms with van der Waals surface area (Å²) in [6.45, 7) is 14.0. The van der Waals surface area contributed by atoms with Gasteiger partial charge in [-0.2, -0.15) is 0 Å². The van der Waals surface area contributed by atoms with E-state index in [9.17, 15) is 19.2 Å². The lowest BCUT2D eigenvalue weighted by molar-refractivity contribution is -0.297. The van der Waals surface area contributed by atoms with Crippen molar-refractivity contribution in [3.8, 4) is 0 Å². The van der Waals surface area contributed by atoms with Gasteiger partial charge in [-0.15, -0.1) is 0 Å². The minimum absolute atomic E-state index is 0.340. The molecule has 1 aliphatic rings. The van der Waals surface area contributed by atoms with E-state index in [1.165, 1.54) is 19.3 Å². The molecule has 1 fully saturated rings. The Hall–Kier alpha value is -2.86. The molecule has 1 aliphatic heterocycles. The number of rotatable bonds is 10. The van der Waals surface area contributed by atoms with Crippen molar-refractivity contribution in [3.63, 3.8) is 0 Å². The van der Waals surface area contributed by atoms with Crippen molar-refractivity contribution in [2.45, 2.75) is 78.0 Å². The molecule has 1 rings (SSSR count). The Morgan fingerprint density at radius 1 is 0.848 bits per heavy atom. The summed E-state index contributed by atoms with van der Waals surface area (Å²) in [5.41, 5.74) is 0. The van der Waals surface area contributed by atoms with E-state index in [0.29, 0.717) is 5.76 Å². The minimum Gasteiger partial charge on any atom is -0.545 e. The zero-order valence-electron chi connectivity index (χ0n) is 19.9. The lowest BCUT2D eigenvalue weighted by Crippen LogP contribution is -2.62. The van der Waals surface area contributed by atoms with Crippen molar-refractivity contribution >= 4 is 32.2 Å². The van der Waals surface area contributed by atoms with Crippen LogP contribution in [0.25, 0.3) is 0 Å². The Kier molecular flexibility index (Phi) is 10.6. The molecule has 12 heteroatoms. The van der Waals surface area contributed by atoms with E-state index in [1.807, 2.05) is 19.6 Å². The summed E-state index contributed by atoms with van der Waals surface area (Å²) in [4.78, 5) is 46.6. The van der Waals surface area contributed by atoms with Crippen molar-refractivity contribution in [2.75, 3.05) is 6.61 Å². The van der Waals surface area contributed by atoms with Gasteiger partial charge in [-0.25, -0.2) is 0 Å². The molecule has 11 nitrogen and oxygen atoms in total. The van der Waals surface area contributed by atoms with Crippen molar-refractivity contribution in [1.29, 1.82) is 0 Å². The van der Waals surface area contributed by atoms with Gasteiger partial charge in [0.25, 0.3) is 0 Å². The van der Waals surface area contributed by atoms with Crippen LogP contribution in [0.5, 0.6) is 0 Å². The van der Waals surface area contributed by atoms with E-state index in [2.05, 4.69) is 6.58 Å². The molecule has 5 atom stereocenters. The van der Waals surface area contributed by atoms with Gasteiger partial charge in [0.1, 0.15) is 12.7 Å². The van der Waals surface area contributed by atoms with E-state index in [-0.39, 0.29) is 6.61 Å². The Bertz CT molecular complexity index is 771. The molecule has 1 heterocycles. The maximum absolute atomic E-state index is 11.8. The van der Waals surface area contributed by atoms with Crippen molar-refractivity contribution in [2.24, 2.45) is 0 Å². The summed E-state index contributed by atoms with van der Waals surface area (Å²) in [7, 11) is -1.89. The fourth-order valence-electron chi connectivity index (χ4n) is 2.92. The molecule has 0 N–H and O–H groups in total. The molecule has 0 unspecified atom stereocenters. The Balaban J connectivity index is 3.25. The largest absolute Gasteiger partial charge is 0.545 e. The normalized spacial score (nSPS) is 25.0. The SMILES string of the molecule is C=C(/C=C/O[C@@H]1O[C@H](COC(C)=O)[C@@H](OC(C)=O)[C@H](OC(C)=O)[C@H]1OC(C)=O)O[Si](C)(C)C. The lowest BCUT2D eigenvalue weighted by Gasteiger charge is -2.43. The van der Waals surface area contributed by atoms with Gasteiger partial charge in [-0.1, -0.05) is 6.58 Å². The Morgan fingerprint density at radius 3 is 1.85 bits per heavy atom. The predicted octanol–water partition coefficient (Wildman–Crippen LogP) is 1.96. The number of hydrogen-bond acceptors (Lipinski definition) is 11. The average Bonchev–Trinajstić information content (AvgIpc) is 2.62. The first-order chi connectivity index (χ1) is 15.2. The first-order valence-electron chi connectivity index (χ1n) is 10.2. The molecule has 0 aliphatic carbocycles. The van der Waals surface area contributed by atoms with Crippen LogP contribution >= 0.6 is 0 Å². The zero-order chi connectivity index (χ0) is 25.3. The van der Waals surface area contributed by atoms with Gasteiger partial charge in [0, 0.05) is 33.8 Å². The van der Waals surface area contributed by atoms with E-state index in [4.69, 9.17) is 32.8 Å². The van der Waals surface area contributed by atoms with Crippen LogP contribution in [0.15, 0.2) is 24.7 Å². The molecule has 0 saturated carbocycles. The molecule has 0 aromatic rings. The summed E-state index contributed by atoms with van der Waals surface area (Å²) >= 11 is 0. The number of hydrogen-bond donors (Lipinski definition) is 0. The fourth-order valence-corrected chi connectivity index (χ4v) is 3.77. The first-order valence-corrected chi connectivity index (χ1v) is 13.6. The lowest BCUT2D eigenvalue weighted by atomic mass is 9.98. The molecule has 0 radical (unpaired) electrons. The van der Waals surface area contributed by atoms with Gasteiger partial charge in [0.15, 0.2) is 12.2 Å². The third-order valence-electron chi connectivity index (χ3n) is 3.85. The number of carbonyl (C=O) groups excluding carboxylic acids is 4. The molecule has 0 bridgehead atoms. The van der Waals surface area contributed by atoms with Gasteiger partial charge >= 0.3 is 23.9 Å². The smallest absolute Gasteiger partial charge is 0.303 e. The molecule has 0 amide bonds. The maximum atomic E-state index is 11.8. The zero-order valence-corrected chi connectivity index (χ0v) is 20.9. The van der Waals surface area contributed by atoms with E-state index in [0.717, 1.165) is 20.8 Å². The van der Waals surface area contributed by atoms with Gasteiger partial charge < -0.3 is 32.8 Å². The molecule has 1 saturated heterocycles. The number of carbonyl (C=O) groups is 4. The highest BCUT2D eigenvalue weighted by Gasteiger charge is 2.53. The van der Waals surface area contributed by atoms with E-state index in [1.54, 1.807) is 0 Å². The van der Waals surface area contributed by atoms with Gasteiger partial charge in [0.2, 0.25) is 20.7 Å². The molecule has 0 spiro atoms. The van der Waals surface area contributed by atoms with Crippen LogP contribution in [-0.2, 0) is 52.0 Å². The molecule has 0 aromatic carbocycles. The minimum atomic E-state index is -1.89. The third kappa shape index (κ3) is 10.5. The molecular weight excluding hydrogens is 456 g/mol. The van der Waals surface area contributed by atoms with Crippen LogP contribution < -0.4 is 0 Å². The molecule has 0 aromatic heterocycles. The number of esters is 4. The number of ether oxygens (including phenoxy) is 6. The second kappa shape index (κ2) is 12.4. The standard InChI is InChI=1S/C21H32O11Si/c1-12(32-33(6,7)8)9-10-26-21-20(30-16(5)25)19(29-15(4)24)18(28-14(3)23)17(31-21)11-27-13(2)22/h9-10,17-21H,1,11H2,2-8H3/b10-9+/t17-,18-,19+,20-,21-/m1/s1. The molecule has 186 valence electrons. The van der Waals surface area contributed by atoms with Crippen LogP contribution in [-0.4, -0.2) is 69.5 Å². The highest BCUT2D eigenvalue weighted by atomic mass is 28.4. The van der Waals surface area contributed by atoms with E-state index >= 15 is 0 Å². The highest BCUT2D eigenvalue weighted by Crippen LogP contribution is 2.30. The van der Waals surface area contributed by atoms with Gasteiger partial charge in [-0.3, -0.25) is 19.2 Å². The summed E-state index contributed by atoms with van der Waals surface area (Å²) in [5, 5.41) is 0. The van der Waals surface area contributed by atoms with E-state index < -0.39 is 62.9 Å². The first kappa shape index (κ1) is 28.2. The van der Waals surface area contributed by atoms with Crippen LogP contribution in [0.2, 0.25) is 19.6 Å². The fraction of sp³-hybridized carbons (Fsp3) is 0.619. The topological polar surface area (TPSA) is 133 Å². The summed E-state index contributed by atoms with van der Waals surface area (Å²) in [5.74, 6) is -2.42. The third-order valence-corrected chi connectivity index (χ3v) is 4.73.